The highest BCUT2D eigenvalue weighted by Crippen LogP contribution is 2.37. The third-order valence-corrected chi connectivity index (χ3v) is 4.58. The van der Waals surface area contributed by atoms with Crippen LogP contribution in [0, 0.1) is 0 Å². The fraction of sp³-hybridized carbons (Fsp3) is 0.381. The molecular weight excluding hydrogens is 344 g/mol. The standard InChI is InChI=1S/C21H26N2O4/c1-4-13-22-14-12-20(24)23(26-3)21(27-16-8-6-5-7-9-16)18-15-17(25-2)10-11-19(18)22/h5-11,15,21H,4,12-14H2,1-3H3. The second-order valence-electron chi connectivity index (χ2n) is 6.35. The van der Waals surface area contributed by atoms with Crippen molar-refractivity contribution < 1.29 is 19.1 Å². The summed E-state index contributed by atoms with van der Waals surface area (Å²) in [4.78, 5) is 20.4. The Hall–Kier alpha value is -2.73. The van der Waals surface area contributed by atoms with Crippen LogP contribution in [0.1, 0.15) is 31.6 Å². The van der Waals surface area contributed by atoms with Crippen LogP contribution in [0.3, 0.4) is 0 Å². The molecule has 6 heteroatoms. The van der Waals surface area contributed by atoms with Gasteiger partial charge < -0.3 is 14.4 Å². The SMILES string of the molecule is CCCN1CCC(=O)N(OC)C(Oc2ccccc2)c2cc(OC)ccc21. The molecule has 0 saturated carbocycles. The topological polar surface area (TPSA) is 51.2 Å². The molecule has 144 valence electrons. The Morgan fingerprint density at radius 2 is 1.85 bits per heavy atom. The predicted octanol–water partition coefficient (Wildman–Crippen LogP) is 3.78. The van der Waals surface area contributed by atoms with E-state index in [1.54, 1.807) is 7.11 Å². The molecule has 1 heterocycles. The van der Waals surface area contributed by atoms with Gasteiger partial charge in [0.1, 0.15) is 11.5 Å². The minimum Gasteiger partial charge on any atom is -0.497 e. The van der Waals surface area contributed by atoms with Gasteiger partial charge in [-0.2, -0.15) is 5.06 Å². The van der Waals surface area contributed by atoms with Crippen LogP contribution in [0.5, 0.6) is 11.5 Å². The molecule has 2 aromatic rings. The number of para-hydroxylation sites is 1. The normalized spacial score (nSPS) is 17.1. The molecule has 27 heavy (non-hydrogen) atoms. The molecule has 0 spiro atoms. The van der Waals surface area contributed by atoms with Crippen molar-refractivity contribution in [3.05, 3.63) is 54.1 Å². The van der Waals surface area contributed by atoms with Gasteiger partial charge in [-0.25, -0.2) is 0 Å². The van der Waals surface area contributed by atoms with Gasteiger partial charge in [0, 0.05) is 30.8 Å². The molecule has 2 aromatic carbocycles. The van der Waals surface area contributed by atoms with E-state index in [1.807, 2.05) is 48.5 Å². The van der Waals surface area contributed by atoms with Crippen LogP contribution < -0.4 is 14.4 Å². The van der Waals surface area contributed by atoms with Crippen molar-refractivity contribution in [3.8, 4) is 11.5 Å². The number of methoxy groups -OCH3 is 1. The third kappa shape index (κ3) is 4.17. The average Bonchev–Trinajstić information content (AvgIpc) is 2.70. The Kier molecular flexibility index (Phi) is 6.19. The number of amides is 1. The van der Waals surface area contributed by atoms with Gasteiger partial charge >= 0.3 is 0 Å². The largest absolute Gasteiger partial charge is 0.497 e. The van der Waals surface area contributed by atoms with Crippen LogP contribution in [0.15, 0.2) is 48.5 Å². The Labute approximate surface area is 160 Å². The molecule has 0 radical (unpaired) electrons. The van der Waals surface area contributed by atoms with E-state index < -0.39 is 6.23 Å². The quantitative estimate of drug-likeness (QED) is 0.774. The molecule has 0 fully saturated rings. The molecule has 0 N–H and O–H groups in total. The van der Waals surface area contributed by atoms with E-state index in [0.717, 1.165) is 24.2 Å². The van der Waals surface area contributed by atoms with E-state index in [9.17, 15) is 4.79 Å². The van der Waals surface area contributed by atoms with Crippen molar-refractivity contribution >= 4 is 11.6 Å². The van der Waals surface area contributed by atoms with E-state index in [2.05, 4.69) is 11.8 Å². The van der Waals surface area contributed by atoms with Gasteiger partial charge in [0.25, 0.3) is 5.91 Å². The van der Waals surface area contributed by atoms with E-state index >= 15 is 0 Å². The number of carbonyl (C=O) groups excluding carboxylic acids is 1. The van der Waals surface area contributed by atoms with E-state index in [0.29, 0.717) is 24.5 Å². The van der Waals surface area contributed by atoms with Gasteiger partial charge in [-0.05, 0) is 36.8 Å². The Morgan fingerprint density at radius 1 is 1.07 bits per heavy atom. The molecule has 1 aliphatic heterocycles. The summed E-state index contributed by atoms with van der Waals surface area (Å²) in [6.45, 7) is 3.62. The zero-order valence-electron chi connectivity index (χ0n) is 16.1. The lowest BCUT2D eigenvalue weighted by atomic mass is 10.1. The van der Waals surface area contributed by atoms with Crippen molar-refractivity contribution in [2.75, 3.05) is 32.2 Å². The van der Waals surface area contributed by atoms with Crippen LogP contribution >= 0.6 is 0 Å². The first-order chi connectivity index (χ1) is 13.2. The van der Waals surface area contributed by atoms with Crippen LogP contribution in [0.2, 0.25) is 0 Å². The molecule has 0 aliphatic carbocycles. The number of nitrogens with zero attached hydrogens (tertiary/aromatic N) is 2. The monoisotopic (exact) mass is 370 g/mol. The molecule has 1 amide bonds. The van der Waals surface area contributed by atoms with Gasteiger partial charge in [-0.3, -0.25) is 9.63 Å². The first-order valence-electron chi connectivity index (χ1n) is 9.18. The molecular formula is C21H26N2O4. The van der Waals surface area contributed by atoms with Crippen LogP contribution in [-0.4, -0.2) is 38.3 Å². The first-order valence-corrected chi connectivity index (χ1v) is 9.18. The number of rotatable bonds is 6. The Balaban J connectivity index is 2.11. The molecule has 0 bridgehead atoms. The molecule has 6 nitrogen and oxygen atoms in total. The Bertz CT molecular complexity index is 766. The third-order valence-electron chi connectivity index (χ3n) is 4.58. The van der Waals surface area contributed by atoms with E-state index in [4.69, 9.17) is 14.3 Å². The highest BCUT2D eigenvalue weighted by atomic mass is 16.7. The molecule has 1 atom stereocenters. The summed E-state index contributed by atoms with van der Waals surface area (Å²) in [5.74, 6) is 1.25. The lowest BCUT2D eigenvalue weighted by Gasteiger charge is -2.37. The smallest absolute Gasteiger partial charge is 0.251 e. The summed E-state index contributed by atoms with van der Waals surface area (Å²) in [5.41, 5.74) is 1.86. The first kappa shape index (κ1) is 19.0. The fourth-order valence-electron chi connectivity index (χ4n) is 3.30. The minimum absolute atomic E-state index is 0.118. The van der Waals surface area contributed by atoms with E-state index in [1.165, 1.54) is 12.2 Å². The molecule has 0 saturated heterocycles. The summed E-state index contributed by atoms with van der Waals surface area (Å²) in [5, 5.41) is 1.31. The van der Waals surface area contributed by atoms with Crippen LogP contribution in [0.25, 0.3) is 0 Å². The van der Waals surface area contributed by atoms with Gasteiger partial charge in [0.15, 0.2) is 0 Å². The van der Waals surface area contributed by atoms with Gasteiger partial charge in [0.2, 0.25) is 6.23 Å². The molecule has 3 rings (SSSR count). The molecule has 1 unspecified atom stereocenters. The summed E-state index contributed by atoms with van der Waals surface area (Å²) in [6.07, 6.45) is 0.626. The summed E-state index contributed by atoms with van der Waals surface area (Å²) in [7, 11) is 3.12. The lowest BCUT2D eigenvalue weighted by molar-refractivity contribution is -0.217. The zero-order chi connectivity index (χ0) is 19.2. The minimum atomic E-state index is -0.713. The number of hydroxylamine groups is 2. The van der Waals surface area contributed by atoms with E-state index in [-0.39, 0.29) is 5.91 Å². The number of hydrogen-bond acceptors (Lipinski definition) is 5. The average molecular weight is 370 g/mol. The van der Waals surface area contributed by atoms with Crippen molar-refractivity contribution in [1.29, 1.82) is 0 Å². The van der Waals surface area contributed by atoms with Crippen LogP contribution in [-0.2, 0) is 9.63 Å². The number of hydrogen-bond donors (Lipinski definition) is 0. The van der Waals surface area contributed by atoms with Crippen molar-refractivity contribution in [2.45, 2.75) is 26.0 Å². The number of ether oxygens (including phenoxy) is 2. The van der Waals surface area contributed by atoms with Crippen LogP contribution in [0.4, 0.5) is 5.69 Å². The summed E-state index contributed by atoms with van der Waals surface area (Å²) >= 11 is 0. The summed E-state index contributed by atoms with van der Waals surface area (Å²) in [6, 6.07) is 15.3. The van der Waals surface area contributed by atoms with Gasteiger partial charge in [0.05, 0.1) is 14.2 Å². The summed E-state index contributed by atoms with van der Waals surface area (Å²) < 4.78 is 11.6. The molecule has 1 aliphatic rings. The second kappa shape index (κ2) is 8.77. The number of anilines is 1. The maximum Gasteiger partial charge on any atom is 0.251 e. The number of carbonyl (C=O) groups is 1. The number of benzene rings is 2. The predicted molar refractivity (Wildman–Crippen MR) is 104 cm³/mol. The van der Waals surface area contributed by atoms with Gasteiger partial charge in [-0.15, -0.1) is 0 Å². The van der Waals surface area contributed by atoms with Crippen molar-refractivity contribution in [2.24, 2.45) is 0 Å². The van der Waals surface area contributed by atoms with Crippen molar-refractivity contribution in [3.63, 3.8) is 0 Å². The zero-order valence-corrected chi connectivity index (χ0v) is 16.1. The highest BCUT2D eigenvalue weighted by Gasteiger charge is 2.33. The Morgan fingerprint density at radius 3 is 2.52 bits per heavy atom. The maximum atomic E-state index is 12.8. The highest BCUT2D eigenvalue weighted by molar-refractivity contribution is 5.77. The number of fused-ring (bicyclic) bond motifs is 1. The van der Waals surface area contributed by atoms with Crippen molar-refractivity contribution in [1.82, 2.24) is 5.06 Å². The van der Waals surface area contributed by atoms with Gasteiger partial charge in [-0.1, -0.05) is 25.1 Å². The molecule has 0 aromatic heterocycles. The fourth-order valence-corrected chi connectivity index (χ4v) is 3.30. The maximum absolute atomic E-state index is 12.8. The lowest BCUT2D eigenvalue weighted by Crippen LogP contribution is -2.42. The second-order valence-corrected chi connectivity index (χ2v) is 6.35.